The molecule has 3 fully saturated rings. The third-order valence-corrected chi connectivity index (χ3v) is 6.59. The van der Waals surface area contributed by atoms with Crippen LogP contribution >= 0.6 is 0 Å². The molecule has 28 heavy (non-hydrogen) atoms. The lowest BCUT2D eigenvalue weighted by Crippen LogP contribution is -2.57. The van der Waals surface area contributed by atoms with Crippen molar-refractivity contribution < 1.29 is 14.3 Å². The van der Waals surface area contributed by atoms with E-state index >= 15 is 0 Å². The van der Waals surface area contributed by atoms with E-state index in [0.29, 0.717) is 0 Å². The van der Waals surface area contributed by atoms with Gasteiger partial charge in [-0.05, 0) is 38.2 Å². The summed E-state index contributed by atoms with van der Waals surface area (Å²) in [7, 11) is 0. The largest absolute Gasteiger partial charge is 0.445 e. The number of carbonyl (C=O) groups is 2. The molecule has 1 aromatic carbocycles. The van der Waals surface area contributed by atoms with E-state index in [0.717, 1.165) is 50.6 Å². The maximum absolute atomic E-state index is 13.2. The summed E-state index contributed by atoms with van der Waals surface area (Å²) in [6.45, 7) is 5.70. The van der Waals surface area contributed by atoms with Gasteiger partial charge in [-0.1, -0.05) is 36.8 Å². The molecule has 0 spiro atoms. The van der Waals surface area contributed by atoms with E-state index in [1.54, 1.807) is 4.90 Å². The minimum Gasteiger partial charge on any atom is -0.445 e. The highest BCUT2D eigenvalue weighted by molar-refractivity contribution is 5.86. The number of hydrogen-bond donors (Lipinski definition) is 0. The molecule has 2 aliphatic heterocycles. The van der Waals surface area contributed by atoms with Gasteiger partial charge in [0.1, 0.15) is 12.6 Å². The number of hydrogen-bond acceptors (Lipinski definition) is 4. The number of nitrogens with zero attached hydrogens (tertiary/aromatic N) is 3. The van der Waals surface area contributed by atoms with E-state index < -0.39 is 0 Å². The van der Waals surface area contributed by atoms with Crippen LogP contribution < -0.4 is 0 Å². The summed E-state index contributed by atoms with van der Waals surface area (Å²) in [5.74, 6) is 0.0919. The molecule has 2 atom stereocenters. The fourth-order valence-corrected chi connectivity index (χ4v) is 4.60. The normalized spacial score (nSPS) is 26.2. The molecule has 2 saturated heterocycles. The molecule has 2 heterocycles. The Morgan fingerprint density at radius 2 is 1.71 bits per heavy atom. The minimum atomic E-state index is -0.381. The molecule has 4 rings (SSSR count). The lowest BCUT2D eigenvalue weighted by Gasteiger charge is -2.43. The standard InChI is InChI=1S/C22H31N3O3/c1-17-10-11-20(25(17)22(27)28-16-18-6-3-2-4-7-18)21(26)24-14-12-23(13-15-24)19-8-5-9-19/h2-4,6-7,17,19-20H,5,8-16H2,1H3/t17-,20+/m1/s1. The van der Waals surface area contributed by atoms with Crippen LogP contribution in [0.3, 0.4) is 0 Å². The van der Waals surface area contributed by atoms with E-state index in [1.165, 1.54) is 19.3 Å². The van der Waals surface area contributed by atoms with Gasteiger partial charge in [0.15, 0.2) is 0 Å². The second-order valence-corrected chi connectivity index (χ2v) is 8.34. The van der Waals surface area contributed by atoms with Crippen molar-refractivity contribution in [3.05, 3.63) is 35.9 Å². The molecule has 1 aliphatic carbocycles. The number of amides is 2. The molecular weight excluding hydrogens is 354 g/mol. The van der Waals surface area contributed by atoms with Gasteiger partial charge in [-0.2, -0.15) is 0 Å². The van der Waals surface area contributed by atoms with Gasteiger partial charge in [0.2, 0.25) is 5.91 Å². The average molecular weight is 386 g/mol. The average Bonchev–Trinajstić information content (AvgIpc) is 3.07. The van der Waals surface area contributed by atoms with E-state index in [2.05, 4.69) is 4.90 Å². The number of rotatable bonds is 4. The molecule has 1 saturated carbocycles. The van der Waals surface area contributed by atoms with Gasteiger partial charge in [-0.15, -0.1) is 0 Å². The van der Waals surface area contributed by atoms with Gasteiger partial charge in [0.05, 0.1) is 0 Å². The molecule has 0 unspecified atom stereocenters. The van der Waals surface area contributed by atoms with Gasteiger partial charge in [0.25, 0.3) is 0 Å². The highest BCUT2D eigenvalue weighted by Gasteiger charge is 2.42. The van der Waals surface area contributed by atoms with Crippen LogP contribution in [0.1, 0.15) is 44.6 Å². The van der Waals surface area contributed by atoms with Crippen LogP contribution in [0, 0.1) is 0 Å². The molecule has 2 amide bonds. The van der Waals surface area contributed by atoms with Crippen LogP contribution in [0.25, 0.3) is 0 Å². The van der Waals surface area contributed by atoms with Crippen molar-refractivity contribution >= 4 is 12.0 Å². The summed E-state index contributed by atoms with van der Waals surface area (Å²) in [6.07, 6.45) is 5.14. The lowest BCUT2D eigenvalue weighted by molar-refractivity contribution is -0.138. The van der Waals surface area contributed by atoms with Crippen molar-refractivity contribution in [3.63, 3.8) is 0 Å². The second-order valence-electron chi connectivity index (χ2n) is 8.34. The van der Waals surface area contributed by atoms with Crippen molar-refractivity contribution in [2.24, 2.45) is 0 Å². The zero-order chi connectivity index (χ0) is 19.5. The molecule has 0 aromatic heterocycles. The zero-order valence-corrected chi connectivity index (χ0v) is 16.8. The van der Waals surface area contributed by atoms with Gasteiger partial charge < -0.3 is 9.64 Å². The van der Waals surface area contributed by atoms with Crippen molar-refractivity contribution in [1.82, 2.24) is 14.7 Å². The Labute approximate surface area is 167 Å². The highest BCUT2D eigenvalue weighted by atomic mass is 16.6. The molecule has 1 aromatic rings. The first-order valence-electron chi connectivity index (χ1n) is 10.7. The molecule has 3 aliphatic rings. The quantitative estimate of drug-likeness (QED) is 0.800. The van der Waals surface area contributed by atoms with Crippen molar-refractivity contribution in [2.75, 3.05) is 26.2 Å². The molecule has 0 bridgehead atoms. The van der Waals surface area contributed by atoms with Crippen molar-refractivity contribution in [3.8, 4) is 0 Å². The van der Waals surface area contributed by atoms with Crippen LogP contribution in [0.2, 0.25) is 0 Å². The van der Waals surface area contributed by atoms with E-state index in [9.17, 15) is 9.59 Å². The Balaban J connectivity index is 1.33. The van der Waals surface area contributed by atoms with Crippen LogP contribution in [0.5, 0.6) is 0 Å². The molecule has 152 valence electrons. The minimum absolute atomic E-state index is 0.0356. The Hall–Kier alpha value is -2.08. The van der Waals surface area contributed by atoms with Crippen molar-refractivity contribution in [2.45, 2.75) is 63.8 Å². The van der Waals surface area contributed by atoms with Crippen LogP contribution in [-0.4, -0.2) is 71.0 Å². The predicted molar refractivity (Wildman–Crippen MR) is 107 cm³/mol. The first kappa shape index (κ1) is 19.2. The summed E-state index contributed by atoms with van der Waals surface area (Å²) in [5, 5.41) is 0. The molecule has 6 nitrogen and oxygen atoms in total. The number of likely N-dealkylation sites (tertiary alicyclic amines) is 1. The maximum atomic E-state index is 13.2. The Kier molecular flexibility index (Phi) is 5.85. The fraction of sp³-hybridized carbons (Fsp3) is 0.636. The van der Waals surface area contributed by atoms with Crippen LogP contribution in [0.4, 0.5) is 4.79 Å². The Morgan fingerprint density at radius 1 is 1.00 bits per heavy atom. The first-order valence-corrected chi connectivity index (χ1v) is 10.7. The van der Waals surface area contributed by atoms with E-state index in [1.807, 2.05) is 42.2 Å². The number of carbonyl (C=O) groups excluding carboxylic acids is 2. The Bertz CT molecular complexity index is 684. The monoisotopic (exact) mass is 385 g/mol. The SMILES string of the molecule is C[C@@H]1CC[C@@H](C(=O)N2CCN(C3CCC3)CC2)N1C(=O)OCc1ccccc1. The fourth-order valence-electron chi connectivity index (χ4n) is 4.60. The van der Waals surface area contributed by atoms with Gasteiger partial charge >= 0.3 is 6.09 Å². The zero-order valence-electron chi connectivity index (χ0n) is 16.8. The highest BCUT2D eigenvalue weighted by Crippen LogP contribution is 2.29. The van der Waals surface area contributed by atoms with Crippen LogP contribution in [-0.2, 0) is 16.1 Å². The third-order valence-electron chi connectivity index (χ3n) is 6.59. The second kappa shape index (κ2) is 8.52. The molecule has 0 N–H and O–H groups in total. The number of piperazine rings is 1. The first-order chi connectivity index (χ1) is 13.6. The van der Waals surface area contributed by atoms with Gasteiger partial charge in [0, 0.05) is 38.3 Å². The van der Waals surface area contributed by atoms with Crippen LogP contribution in [0.15, 0.2) is 30.3 Å². The lowest BCUT2D eigenvalue weighted by atomic mass is 9.91. The van der Waals surface area contributed by atoms with E-state index in [4.69, 9.17) is 4.74 Å². The summed E-state index contributed by atoms with van der Waals surface area (Å²) >= 11 is 0. The summed E-state index contributed by atoms with van der Waals surface area (Å²) in [5.41, 5.74) is 0.956. The third kappa shape index (κ3) is 4.02. The molecular formula is C22H31N3O3. The maximum Gasteiger partial charge on any atom is 0.411 e. The van der Waals surface area contributed by atoms with Crippen molar-refractivity contribution in [1.29, 1.82) is 0 Å². The molecule has 6 heteroatoms. The number of benzene rings is 1. The summed E-state index contributed by atoms with van der Waals surface area (Å²) in [4.78, 5) is 32.0. The number of ether oxygens (including phenoxy) is 1. The molecule has 0 radical (unpaired) electrons. The smallest absolute Gasteiger partial charge is 0.411 e. The Morgan fingerprint density at radius 3 is 2.36 bits per heavy atom. The van der Waals surface area contributed by atoms with E-state index in [-0.39, 0.29) is 30.7 Å². The van der Waals surface area contributed by atoms with Gasteiger partial charge in [-0.3, -0.25) is 14.6 Å². The summed E-state index contributed by atoms with van der Waals surface area (Å²) < 4.78 is 5.53. The van der Waals surface area contributed by atoms with Gasteiger partial charge in [-0.25, -0.2) is 4.79 Å². The predicted octanol–water partition coefficient (Wildman–Crippen LogP) is 2.87. The topological polar surface area (TPSA) is 53.1 Å². The summed E-state index contributed by atoms with van der Waals surface area (Å²) in [6, 6.07) is 10.0.